The van der Waals surface area contributed by atoms with Crippen LogP contribution in [0.4, 0.5) is 4.39 Å². The summed E-state index contributed by atoms with van der Waals surface area (Å²) in [5.41, 5.74) is 0. The largest absolute Gasteiger partial charge is 0.393 e. The zero-order valence-corrected chi connectivity index (χ0v) is 18.7. The molecule has 0 aliphatic heterocycles. The molecule has 0 radical (unpaired) electrons. The van der Waals surface area contributed by atoms with Crippen molar-refractivity contribution in [2.45, 2.75) is 105 Å². The molecule has 0 saturated heterocycles. The van der Waals surface area contributed by atoms with Crippen molar-refractivity contribution in [1.82, 2.24) is 10.0 Å². The minimum Gasteiger partial charge on any atom is -0.393 e. The summed E-state index contributed by atoms with van der Waals surface area (Å²) in [6.07, 6.45) is 3.25. The number of rotatable bonds is 5. The highest BCUT2D eigenvalue weighted by Crippen LogP contribution is 2.34. The molecule has 0 bridgehead atoms. The first kappa shape index (κ1) is 23.5. The summed E-state index contributed by atoms with van der Waals surface area (Å²) < 4.78 is 42.1. The number of carbonyl (C=O) groups excluding carboxylic acids is 1. The fourth-order valence-corrected chi connectivity index (χ4v) is 7.17. The monoisotopic (exact) mass is 472 g/mol. The second-order valence-corrected chi connectivity index (χ2v) is 11.9. The van der Waals surface area contributed by atoms with Gasteiger partial charge in [0, 0.05) is 17.5 Å². The van der Waals surface area contributed by atoms with Gasteiger partial charge in [-0.25, -0.2) is 17.5 Å². The van der Waals surface area contributed by atoms with Gasteiger partial charge in [-0.05, 0) is 64.2 Å². The number of carbonyl (C=O) groups is 1. The average molecular weight is 473 g/mol. The molecule has 3 N–H and O–H groups in total. The lowest BCUT2D eigenvalue weighted by Crippen LogP contribution is -2.50. The Balaban J connectivity index is 1.57. The van der Waals surface area contributed by atoms with E-state index in [2.05, 4.69) is 10.0 Å². The van der Waals surface area contributed by atoms with Crippen molar-refractivity contribution < 1.29 is 22.7 Å². The molecule has 0 aromatic rings. The topological polar surface area (TPSA) is 95.5 Å². The van der Waals surface area contributed by atoms with Gasteiger partial charge in [0.25, 0.3) is 0 Å². The van der Waals surface area contributed by atoms with Crippen molar-refractivity contribution >= 4 is 39.1 Å². The van der Waals surface area contributed by atoms with Crippen LogP contribution in [0.1, 0.15) is 64.2 Å². The highest BCUT2D eigenvalue weighted by atomic mass is 35.5. The molecule has 10 heteroatoms. The summed E-state index contributed by atoms with van der Waals surface area (Å²) in [6, 6.07) is -0.370. The number of alkyl halides is 3. The van der Waals surface area contributed by atoms with Crippen LogP contribution in [0.25, 0.3) is 0 Å². The Morgan fingerprint density at radius 2 is 1.55 bits per heavy atom. The molecule has 3 fully saturated rings. The van der Waals surface area contributed by atoms with Gasteiger partial charge in [0.15, 0.2) is 0 Å². The van der Waals surface area contributed by atoms with Gasteiger partial charge in [-0.15, -0.1) is 23.2 Å². The Hall–Kier alpha value is -0.150. The van der Waals surface area contributed by atoms with Crippen LogP contribution < -0.4 is 10.0 Å². The Morgan fingerprint density at radius 1 is 0.897 bits per heavy atom. The first-order chi connectivity index (χ1) is 13.7. The summed E-state index contributed by atoms with van der Waals surface area (Å²) in [5.74, 6) is -0.867. The van der Waals surface area contributed by atoms with Crippen LogP contribution in [-0.2, 0) is 14.8 Å². The van der Waals surface area contributed by atoms with Gasteiger partial charge in [0.05, 0.1) is 22.6 Å². The molecule has 3 rings (SSSR count). The number of amides is 1. The lowest BCUT2D eigenvalue weighted by atomic mass is 9.86. The molecule has 3 saturated carbocycles. The van der Waals surface area contributed by atoms with E-state index in [1.807, 2.05) is 0 Å². The highest BCUT2D eigenvalue weighted by Gasteiger charge is 2.41. The predicted octanol–water partition coefficient (Wildman–Crippen LogP) is 2.60. The first-order valence-corrected chi connectivity index (χ1v) is 13.0. The number of aliphatic hydroxyl groups excluding tert-OH is 1. The quantitative estimate of drug-likeness (QED) is 0.535. The Kier molecular flexibility index (Phi) is 8.09. The van der Waals surface area contributed by atoms with E-state index in [0.29, 0.717) is 57.8 Å². The summed E-state index contributed by atoms with van der Waals surface area (Å²) in [7, 11) is -3.58. The van der Waals surface area contributed by atoms with E-state index in [1.54, 1.807) is 0 Å². The Morgan fingerprint density at radius 3 is 2.21 bits per heavy atom. The zero-order valence-electron chi connectivity index (χ0n) is 16.4. The molecule has 29 heavy (non-hydrogen) atoms. The lowest BCUT2D eigenvalue weighted by molar-refractivity contribution is -0.126. The highest BCUT2D eigenvalue weighted by molar-refractivity contribution is 7.90. The SMILES string of the molecule is O=C(NC1CCC(F)C(Cl)C1)C1CC(S(=O)(=O)NC2CCC(O)CC2)CCC1Cl. The van der Waals surface area contributed by atoms with Crippen LogP contribution in [0, 0.1) is 5.92 Å². The average Bonchev–Trinajstić information content (AvgIpc) is 2.66. The summed E-state index contributed by atoms with van der Waals surface area (Å²) in [4.78, 5) is 12.8. The van der Waals surface area contributed by atoms with Gasteiger partial charge in [-0.2, -0.15) is 0 Å². The number of sulfonamides is 1. The van der Waals surface area contributed by atoms with Gasteiger partial charge in [0.2, 0.25) is 15.9 Å². The van der Waals surface area contributed by atoms with Crippen molar-refractivity contribution in [3.63, 3.8) is 0 Å². The number of aliphatic hydroxyl groups is 1. The van der Waals surface area contributed by atoms with Crippen LogP contribution in [0.3, 0.4) is 0 Å². The minimum atomic E-state index is -3.58. The minimum absolute atomic E-state index is 0.166. The Labute approximate surface area is 182 Å². The number of hydrogen-bond donors (Lipinski definition) is 3. The van der Waals surface area contributed by atoms with Gasteiger partial charge in [-0.3, -0.25) is 4.79 Å². The van der Waals surface area contributed by atoms with E-state index < -0.39 is 38.1 Å². The second kappa shape index (κ2) is 9.98. The maximum absolute atomic E-state index is 13.5. The molecule has 0 heterocycles. The maximum atomic E-state index is 13.5. The third-order valence-corrected chi connectivity index (χ3v) is 9.50. The number of nitrogens with one attached hydrogen (secondary N) is 2. The van der Waals surface area contributed by atoms with E-state index in [0.717, 1.165) is 0 Å². The van der Waals surface area contributed by atoms with Gasteiger partial charge in [0.1, 0.15) is 6.17 Å². The molecule has 0 aromatic carbocycles. The first-order valence-electron chi connectivity index (χ1n) is 10.6. The van der Waals surface area contributed by atoms with E-state index in [9.17, 15) is 22.7 Å². The molecule has 0 aromatic heterocycles. The van der Waals surface area contributed by atoms with Crippen LogP contribution in [-0.4, -0.2) is 59.8 Å². The molecule has 6 nitrogen and oxygen atoms in total. The normalized spacial score (nSPS) is 41.7. The molecule has 6 atom stereocenters. The van der Waals surface area contributed by atoms with Crippen LogP contribution in [0.2, 0.25) is 0 Å². The molecular weight excluding hydrogens is 442 g/mol. The molecule has 168 valence electrons. The molecule has 3 aliphatic carbocycles. The fourth-order valence-electron chi connectivity index (χ4n) is 4.69. The predicted molar refractivity (Wildman–Crippen MR) is 111 cm³/mol. The van der Waals surface area contributed by atoms with E-state index in [4.69, 9.17) is 23.2 Å². The van der Waals surface area contributed by atoms with Gasteiger partial charge in [-0.1, -0.05) is 0 Å². The molecule has 3 aliphatic rings. The number of halogens is 3. The van der Waals surface area contributed by atoms with Crippen LogP contribution in [0.5, 0.6) is 0 Å². The smallest absolute Gasteiger partial charge is 0.224 e. The molecular formula is C19H31Cl2FN2O4S. The standard InChI is InChI=1S/C19H31Cl2FN2O4S/c20-16-7-6-14(29(27,28)24-11-1-4-13(25)5-2-11)10-15(16)19(26)23-12-3-8-18(22)17(21)9-12/h11-18,24-25H,1-10H2,(H,23,26). The molecule has 1 amide bonds. The second-order valence-electron chi connectivity index (χ2n) is 8.78. The van der Waals surface area contributed by atoms with Gasteiger partial charge >= 0.3 is 0 Å². The van der Waals surface area contributed by atoms with Crippen molar-refractivity contribution in [1.29, 1.82) is 0 Å². The third-order valence-electron chi connectivity index (χ3n) is 6.56. The summed E-state index contributed by atoms with van der Waals surface area (Å²) in [6.45, 7) is 0. The lowest BCUT2D eigenvalue weighted by Gasteiger charge is -2.35. The van der Waals surface area contributed by atoms with E-state index in [1.165, 1.54) is 0 Å². The van der Waals surface area contributed by atoms with Crippen molar-refractivity contribution in [2.24, 2.45) is 5.92 Å². The molecule has 6 unspecified atom stereocenters. The summed E-state index contributed by atoms with van der Waals surface area (Å²) >= 11 is 12.4. The summed E-state index contributed by atoms with van der Waals surface area (Å²) in [5, 5.41) is 10.8. The maximum Gasteiger partial charge on any atom is 0.224 e. The zero-order chi connectivity index (χ0) is 21.2. The van der Waals surface area contributed by atoms with E-state index >= 15 is 0 Å². The third kappa shape index (κ3) is 6.19. The Bertz CT molecular complexity index is 675. The van der Waals surface area contributed by atoms with Crippen molar-refractivity contribution in [3.8, 4) is 0 Å². The van der Waals surface area contributed by atoms with Crippen molar-refractivity contribution in [3.05, 3.63) is 0 Å². The fraction of sp³-hybridized carbons (Fsp3) is 0.947. The number of hydrogen-bond acceptors (Lipinski definition) is 4. The molecule has 0 spiro atoms. The van der Waals surface area contributed by atoms with Crippen molar-refractivity contribution in [2.75, 3.05) is 0 Å². The van der Waals surface area contributed by atoms with Crippen LogP contribution in [0.15, 0.2) is 0 Å². The van der Waals surface area contributed by atoms with Gasteiger partial charge < -0.3 is 10.4 Å². The van der Waals surface area contributed by atoms with E-state index in [-0.39, 0.29) is 30.5 Å². The van der Waals surface area contributed by atoms with Crippen LogP contribution >= 0.6 is 23.2 Å².